The van der Waals surface area contributed by atoms with Gasteiger partial charge in [0.1, 0.15) is 11.5 Å². The highest BCUT2D eigenvalue weighted by Gasteiger charge is 2.20. The molecule has 0 radical (unpaired) electrons. The fourth-order valence-corrected chi connectivity index (χ4v) is 2.41. The van der Waals surface area contributed by atoms with Gasteiger partial charge in [-0.2, -0.15) is 0 Å². The number of imidazole rings is 1. The second-order valence-corrected chi connectivity index (χ2v) is 5.77. The first kappa shape index (κ1) is 15.4. The average Bonchev–Trinajstić information content (AvgIpc) is 3.31. The van der Waals surface area contributed by atoms with Crippen molar-refractivity contribution in [1.29, 1.82) is 5.41 Å². The number of nitrogens with one attached hydrogen (secondary N) is 4. The zero-order chi connectivity index (χ0) is 16.4. The van der Waals surface area contributed by atoms with Crippen molar-refractivity contribution in [2.24, 2.45) is 0 Å². The summed E-state index contributed by atoms with van der Waals surface area (Å²) in [5, 5.41) is 14.1. The molecule has 8 heteroatoms. The van der Waals surface area contributed by atoms with Gasteiger partial charge in [0, 0.05) is 19.6 Å². The van der Waals surface area contributed by atoms with Crippen LogP contribution in [0, 0.1) is 5.41 Å². The van der Waals surface area contributed by atoms with Crippen molar-refractivity contribution in [3.63, 3.8) is 0 Å². The molecule has 1 aliphatic rings. The Bertz CT molecular complexity index is 755. The van der Waals surface area contributed by atoms with E-state index in [1.807, 2.05) is 0 Å². The van der Waals surface area contributed by atoms with Crippen LogP contribution in [0.5, 0.6) is 0 Å². The summed E-state index contributed by atoms with van der Waals surface area (Å²) in [5.74, 6) is 0.587. The first-order valence-corrected chi connectivity index (χ1v) is 7.67. The maximum absolute atomic E-state index is 12.1. The normalized spacial score (nSPS) is 14.0. The number of hydrogen-bond donors (Lipinski definition) is 4. The van der Waals surface area contributed by atoms with Crippen molar-refractivity contribution in [2.45, 2.75) is 38.9 Å². The minimum absolute atomic E-state index is 0.266. The highest BCUT2D eigenvalue weighted by atomic mass is 16.1. The molecular weight excluding hydrogens is 294 g/mol. The van der Waals surface area contributed by atoms with Crippen LogP contribution in [0.3, 0.4) is 0 Å². The maximum atomic E-state index is 12.1. The van der Waals surface area contributed by atoms with Crippen LogP contribution in [0.15, 0.2) is 17.2 Å². The topological polar surface area (TPSA) is 111 Å². The molecular formula is C15H21N7O. The molecule has 1 fully saturated rings. The van der Waals surface area contributed by atoms with Crippen molar-refractivity contribution in [3.05, 3.63) is 40.0 Å². The van der Waals surface area contributed by atoms with Crippen LogP contribution in [-0.2, 0) is 13.1 Å². The third kappa shape index (κ3) is 3.48. The summed E-state index contributed by atoms with van der Waals surface area (Å²) in [7, 11) is 1.73. The Balaban J connectivity index is 1.76. The molecule has 1 aliphatic carbocycles. The van der Waals surface area contributed by atoms with Gasteiger partial charge in [0.05, 0.1) is 36.0 Å². The molecule has 122 valence electrons. The molecule has 8 nitrogen and oxygen atoms in total. The van der Waals surface area contributed by atoms with Gasteiger partial charge in [-0.05, 0) is 19.8 Å². The Morgan fingerprint density at radius 2 is 2.09 bits per heavy atom. The summed E-state index contributed by atoms with van der Waals surface area (Å²) in [5.41, 5.74) is 2.13. The van der Waals surface area contributed by atoms with Gasteiger partial charge in [0.25, 0.3) is 0 Å². The molecule has 0 saturated heterocycles. The van der Waals surface area contributed by atoms with E-state index in [1.165, 1.54) is 17.4 Å². The highest BCUT2D eigenvalue weighted by Crippen LogP contribution is 2.19. The van der Waals surface area contributed by atoms with Crippen LogP contribution in [0.2, 0.25) is 0 Å². The highest BCUT2D eigenvalue weighted by molar-refractivity contribution is 5.98. The smallest absolute Gasteiger partial charge is 0.328 e. The maximum Gasteiger partial charge on any atom is 0.328 e. The van der Waals surface area contributed by atoms with Crippen LogP contribution >= 0.6 is 0 Å². The minimum atomic E-state index is -0.266. The van der Waals surface area contributed by atoms with Crippen molar-refractivity contribution in [3.8, 4) is 0 Å². The summed E-state index contributed by atoms with van der Waals surface area (Å²) in [6.07, 6.45) is 5.91. The number of rotatable bonds is 7. The van der Waals surface area contributed by atoms with Gasteiger partial charge in [-0.25, -0.2) is 4.79 Å². The molecule has 0 atom stereocenters. The second-order valence-electron chi connectivity index (χ2n) is 5.77. The third-order valence-corrected chi connectivity index (χ3v) is 3.82. The lowest BCUT2D eigenvalue weighted by atomic mass is 10.3. The van der Waals surface area contributed by atoms with E-state index in [4.69, 9.17) is 5.41 Å². The van der Waals surface area contributed by atoms with Crippen LogP contribution in [0.4, 0.5) is 5.82 Å². The van der Waals surface area contributed by atoms with E-state index in [9.17, 15) is 4.79 Å². The number of aromatic amines is 1. The average molecular weight is 315 g/mol. The molecule has 23 heavy (non-hydrogen) atoms. The Hall–Kier alpha value is -2.48. The molecule has 3 rings (SSSR count). The van der Waals surface area contributed by atoms with Gasteiger partial charge in [0.15, 0.2) is 0 Å². The number of H-pyrrole nitrogens is 1. The van der Waals surface area contributed by atoms with Crippen LogP contribution in [0.25, 0.3) is 0 Å². The van der Waals surface area contributed by atoms with E-state index in [0.717, 1.165) is 12.2 Å². The van der Waals surface area contributed by atoms with Gasteiger partial charge in [-0.1, -0.05) is 0 Å². The summed E-state index contributed by atoms with van der Waals surface area (Å²) in [6, 6.07) is 0.635. The molecule has 2 aromatic heterocycles. The Labute approximate surface area is 133 Å². The first-order valence-electron chi connectivity index (χ1n) is 7.67. The SMILES string of the molecule is CNc1c(C(C)=N)[nH]c(=O)n1Cc1cnc(CNC2CC2)cn1. The van der Waals surface area contributed by atoms with Gasteiger partial charge < -0.3 is 21.0 Å². The van der Waals surface area contributed by atoms with Crippen molar-refractivity contribution in [2.75, 3.05) is 12.4 Å². The standard InChI is InChI=1S/C15H21N7O/c1-9(16)13-14(17-2)22(15(23)21-13)8-12-7-19-11(6-20-12)5-18-10-3-4-10/h6-7,10,16-18H,3-5,8H2,1-2H3,(H,21,23). The number of aromatic nitrogens is 4. The van der Waals surface area contributed by atoms with E-state index in [1.54, 1.807) is 26.4 Å². The molecule has 0 bridgehead atoms. The molecule has 0 spiro atoms. The molecule has 0 amide bonds. The van der Waals surface area contributed by atoms with Crippen LogP contribution < -0.4 is 16.3 Å². The van der Waals surface area contributed by atoms with Gasteiger partial charge in [-0.3, -0.25) is 14.5 Å². The first-order chi connectivity index (χ1) is 11.1. The zero-order valence-electron chi connectivity index (χ0n) is 13.3. The van der Waals surface area contributed by atoms with Crippen molar-refractivity contribution >= 4 is 11.5 Å². The van der Waals surface area contributed by atoms with Gasteiger partial charge >= 0.3 is 5.69 Å². The lowest BCUT2D eigenvalue weighted by Gasteiger charge is -2.08. The summed E-state index contributed by atoms with van der Waals surface area (Å²) < 4.78 is 1.53. The summed E-state index contributed by atoms with van der Waals surface area (Å²) in [6.45, 7) is 2.67. The van der Waals surface area contributed by atoms with E-state index < -0.39 is 0 Å². The minimum Gasteiger partial charge on any atom is -0.373 e. The molecule has 2 heterocycles. The van der Waals surface area contributed by atoms with Gasteiger partial charge in [0.2, 0.25) is 0 Å². The molecule has 0 aromatic carbocycles. The Morgan fingerprint density at radius 1 is 1.39 bits per heavy atom. The zero-order valence-corrected chi connectivity index (χ0v) is 13.3. The summed E-state index contributed by atoms with van der Waals surface area (Å²) >= 11 is 0. The second kappa shape index (κ2) is 6.33. The molecule has 0 unspecified atom stereocenters. The Kier molecular flexibility index (Phi) is 4.24. The van der Waals surface area contributed by atoms with Crippen molar-refractivity contribution in [1.82, 2.24) is 24.8 Å². The molecule has 2 aromatic rings. The Morgan fingerprint density at radius 3 is 2.65 bits per heavy atom. The van der Waals surface area contributed by atoms with Crippen LogP contribution in [-0.4, -0.2) is 38.3 Å². The fraction of sp³-hybridized carbons (Fsp3) is 0.467. The monoisotopic (exact) mass is 315 g/mol. The van der Waals surface area contributed by atoms with E-state index in [2.05, 4.69) is 25.6 Å². The molecule has 4 N–H and O–H groups in total. The largest absolute Gasteiger partial charge is 0.373 e. The van der Waals surface area contributed by atoms with Crippen LogP contribution in [0.1, 0.15) is 36.8 Å². The number of nitrogens with zero attached hydrogens (tertiary/aromatic N) is 3. The predicted molar refractivity (Wildman–Crippen MR) is 88.1 cm³/mol. The van der Waals surface area contributed by atoms with E-state index in [-0.39, 0.29) is 5.69 Å². The molecule has 0 aliphatic heterocycles. The number of hydrogen-bond acceptors (Lipinski definition) is 6. The molecule has 1 saturated carbocycles. The quantitative estimate of drug-likeness (QED) is 0.562. The predicted octanol–water partition coefficient (Wildman–Crippen LogP) is 0.696. The van der Waals surface area contributed by atoms with E-state index >= 15 is 0 Å². The van der Waals surface area contributed by atoms with Crippen molar-refractivity contribution < 1.29 is 0 Å². The fourth-order valence-electron chi connectivity index (χ4n) is 2.41. The lowest BCUT2D eigenvalue weighted by Crippen LogP contribution is -2.20. The van der Waals surface area contributed by atoms with E-state index in [0.29, 0.717) is 35.5 Å². The third-order valence-electron chi connectivity index (χ3n) is 3.82. The number of anilines is 1. The summed E-state index contributed by atoms with van der Waals surface area (Å²) in [4.78, 5) is 23.6. The lowest BCUT2D eigenvalue weighted by molar-refractivity contribution is 0.666. The van der Waals surface area contributed by atoms with Gasteiger partial charge in [-0.15, -0.1) is 0 Å².